The molecule has 0 bridgehead atoms. The van der Waals surface area contributed by atoms with Gasteiger partial charge in [-0.05, 0) is 42.7 Å². The molecule has 33 heavy (non-hydrogen) atoms. The third-order valence-electron chi connectivity index (χ3n) is 5.59. The number of aryl methyl sites for hydroxylation is 1. The van der Waals surface area contributed by atoms with Crippen LogP contribution in [-0.4, -0.2) is 51.8 Å². The van der Waals surface area contributed by atoms with Crippen molar-refractivity contribution in [3.05, 3.63) is 70.6 Å². The number of ether oxygens (including phenoxy) is 1. The molecule has 0 spiro atoms. The molecular formula is C25H30ClN5O2. The molecule has 174 valence electrons. The summed E-state index contributed by atoms with van der Waals surface area (Å²) >= 11 is 6.26. The normalized spacial score (nSPS) is 14.8. The molecule has 1 aliphatic rings. The van der Waals surface area contributed by atoms with Gasteiger partial charge in [-0.1, -0.05) is 31.5 Å². The Hall–Kier alpha value is -2.90. The summed E-state index contributed by atoms with van der Waals surface area (Å²) in [6.45, 7) is 9.87. The number of rotatable bonds is 8. The molecule has 1 aromatic carbocycles. The molecular weight excluding hydrogens is 438 g/mol. The highest BCUT2D eigenvalue weighted by atomic mass is 35.5. The molecule has 3 aromatic rings. The number of carbonyl (C=O) groups excluding carboxylic acids is 1. The Morgan fingerprint density at radius 2 is 2.00 bits per heavy atom. The number of nitrogens with zero attached hydrogens (tertiary/aromatic N) is 5. The number of carbonyl (C=O) groups is 1. The van der Waals surface area contributed by atoms with Crippen molar-refractivity contribution in [2.24, 2.45) is 5.92 Å². The van der Waals surface area contributed by atoms with E-state index in [-0.39, 0.29) is 5.91 Å². The number of hydrogen-bond acceptors (Lipinski definition) is 5. The first kappa shape index (κ1) is 23.3. The average Bonchev–Trinajstić information content (AvgIpc) is 3.13. The zero-order valence-electron chi connectivity index (χ0n) is 19.4. The Kier molecular flexibility index (Phi) is 7.30. The van der Waals surface area contributed by atoms with E-state index in [0.717, 1.165) is 35.7 Å². The van der Waals surface area contributed by atoms with E-state index in [0.29, 0.717) is 43.0 Å². The van der Waals surface area contributed by atoms with Crippen molar-refractivity contribution in [3.63, 3.8) is 0 Å². The Labute approximate surface area is 199 Å². The number of amides is 1. The molecule has 1 amide bonds. The van der Waals surface area contributed by atoms with Gasteiger partial charge in [0.15, 0.2) is 5.82 Å². The van der Waals surface area contributed by atoms with Crippen molar-refractivity contribution in [2.75, 3.05) is 31.1 Å². The Balaban J connectivity index is 1.45. The minimum atomic E-state index is 0.0542. The molecule has 3 heterocycles. The Morgan fingerprint density at radius 1 is 1.15 bits per heavy atom. The standard InChI is InChI=1S/C25H30ClN5O2/c1-18(2)17-33-23-7-6-22(26)12-21(23)15-31-19(3)11-24(28-31)30-10-9-29(16-25(30)32)14-20-5-4-8-27-13-20/h4-8,11-13,18H,9-10,14-17H2,1-3H3. The van der Waals surface area contributed by atoms with Crippen LogP contribution in [0.15, 0.2) is 48.8 Å². The van der Waals surface area contributed by atoms with Gasteiger partial charge in [-0.3, -0.25) is 24.3 Å². The summed E-state index contributed by atoms with van der Waals surface area (Å²) in [5.41, 5.74) is 3.05. The van der Waals surface area contributed by atoms with Crippen LogP contribution in [0.2, 0.25) is 5.02 Å². The highest BCUT2D eigenvalue weighted by molar-refractivity contribution is 6.30. The number of piperazine rings is 1. The summed E-state index contributed by atoms with van der Waals surface area (Å²) in [7, 11) is 0. The van der Waals surface area contributed by atoms with Crippen LogP contribution in [0.4, 0.5) is 5.82 Å². The average molecular weight is 468 g/mol. The van der Waals surface area contributed by atoms with Crippen LogP contribution in [0.1, 0.15) is 30.7 Å². The van der Waals surface area contributed by atoms with Crippen molar-refractivity contribution in [3.8, 4) is 5.75 Å². The molecule has 8 heteroatoms. The zero-order valence-corrected chi connectivity index (χ0v) is 20.1. The van der Waals surface area contributed by atoms with Crippen molar-refractivity contribution < 1.29 is 9.53 Å². The smallest absolute Gasteiger partial charge is 0.242 e. The lowest BCUT2D eigenvalue weighted by Gasteiger charge is -2.33. The van der Waals surface area contributed by atoms with Gasteiger partial charge in [0.2, 0.25) is 5.91 Å². The maximum Gasteiger partial charge on any atom is 0.242 e. The molecule has 0 aliphatic carbocycles. The van der Waals surface area contributed by atoms with E-state index in [2.05, 4.69) is 23.7 Å². The van der Waals surface area contributed by atoms with Gasteiger partial charge < -0.3 is 4.74 Å². The number of hydrogen-bond donors (Lipinski definition) is 0. The molecule has 0 N–H and O–H groups in total. The minimum Gasteiger partial charge on any atom is -0.493 e. The van der Waals surface area contributed by atoms with Gasteiger partial charge in [-0.15, -0.1) is 0 Å². The van der Waals surface area contributed by atoms with Gasteiger partial charge in [0.25, 0.3) is 0 Å². The van der Waals surface area contributed by atoms with Crippen LogP contribution in [-0.2, 0) is 17.9 Å². The quantitative estimate of drug-likeness (QED) is 0.497. The Bertz CT molecular complexity index is 1100. The van der Waals surface area contributed by atoms with Crippen molar-refractivity contribution in [2.45, 2.75) is 33.9 Å². The fourth-order valence-electron chi connectivity index (χ4n) is 3.86. The zero-order chi connectivity index (χ0) is 23.4. The first-order valence-electron chi connectivity index (χ1n) is 11.3. The lowest BCUT2D eigenvalue weighted by molar-refractivity contribution is -0.121. The molecule has 7 nitrogen and oxygen atoms in total. The monoisotopic (exact) mass is 467 g/mol. The largest absolute Gasteiger partial charge is 0.493 e. The fraction of sp³-hybridized carbons (Fsp3) is 0.400. The maximum absolute atomic E-state index is 12.9. The first-order valence-corrected chi connectivity index (χ1v) is 11.6. The molecule has 4 rings (SSSR count). The highest BCUT2D eigenvalue weighted by Crippen LogP contribution is 2.26. The van der Waals surface area contributed by atoms with Crippen LogP contribution in [0.3, 0.4) is 0 Å². The van der Waals surface area contributed by atoms with E-state index in [1.807, 2.05) is 54.2 Å². The van der Waals surface area contributed by atoms with Crippen LogP contribution < -0.4 is 9.64 Å². The summed E-state index contributed by atoms with van der Waals surface area (Å²) in [5.74, 6) is 1.97. The SMILES string of the molecule is Cc1cc(N2CCN(Cc3cccnc3)CC2=O)nn1Cc1cc(Cl)ccc1OCC(C)C. The van der Waals surface area contributed by atoms with Crippen LogP contribution in [0, 0.1) is 12.8 Å². The minimum absolute atomic E-state index is 0.0542. The second kappa shape index (κ2) is 10.4. The molecule has 1 fully saturated rings. The van der Waals surface area contributed by atoms with Crippen molar-refractivity contribution >= 4 is 23.3 Å². The van der Waals surface area contributed by atoms with Crippen molar-refractivity contribution in [1.82, 2.24) is 19.7 Å². The van der Waals surface area contributed by atoms with E-state index >= 15 is 0 Å². The van der Waals surface area contributed by atoms with E-state index in [4.69, 9.17) is 21.4 Å². The summed E-state index contributed by atoms with van der Waals surface area (Å²) in [6.07, 6.45) is 3.60. The molecule has 1 aliphatic heterocycles. The topological polar surface area (TPSA) is 63.5 Å². The van der Waals surface area contributed by atoms with Gasteiger partial charge in [0, 0.05) is 54.4 Å². The molecule has 0 unspecified atom stereocenters. The van der Waals surface area contributed by atoms with E-state index in [9.17, 15) is 4.79 Å². The predicted octanol–water partition coefficient (Wildman–Crippen LogP) is 4.17. The second-order valence-corrected chi connectivity index (χ2v) is 9.31. The molecule has 0 atom stereocenters. The highest BCUT2D eigenvalue weighted by Gasteiger charge is 2.27. The molecule has 0 radical (unpaired) electrons. The number of pyridine rings is 1. The Morgan fingerprint density at radius 3 is 2.73 bits per heavy atom. The molecule has 0 saturated carbocycles. The number of aromatic nitrogens is 3. The summed E-state index contributed by atoms with van der Waals surface area (Å²) in [6, 6.07) is 11.6. The lowest BCUT2D eigenvalue weighted by Crippen LogP contribution is -2.50. The van der Waals surface area contributed by atoms with E-state index in [1.54, 1.807) is 11.1 Å². The maximum atomic E-state index is 12.9. The molecule has 1 saturated heterocycles. The third kappa shape index (κ3) is 5.92. The van der Waals surface area contributed by atoms with E-state index in [1.165, 1.54) is 0 Å². The van der Waals surface area contributed by atoms with Gasteiger partial charge in [0.1, 0.15) is 5.75 Å². The summed E-state index contributed by atoms with van der Waals surface area (Å²) < 4.78 is 7.89. The summed E-state index contributed by atoms with van der Waals surface area (Å²) in [4.78, 5) is 21.0. The van der Waals surface area contributed by atoms with Gasteiger partial charge in [0.05, 0.1) is 19.7 Å². The third-order valence-corrected chi connectivity index (χ3v) is 5.82. The number of benzene rings is 1. The number of halogens is 1. The van der Waals surface area contributed by atoms with Crippen molar-refractivity contribution in [1.29, 1.82) is 0 Å². The van der Waals surface area contributed by atoms with Gasteiger partial charge >= 0.3 is 0 Å². The van der Waals surface area contributed by atoms with Crippen LogP contribution in [0.5, 0.6) is 5.75 Å². The molecule has 2 aromatic heterocycles. The van der Waals surface area contributed by atoms with Crippen LogP contribution in [0.25, 0.3) is 0 Å². The first-order chi connectivity index (χ1) is 15.9. The lowest BCUT2D eigenvalue weighted by atomic mass is 10.2. The summed E-state index contributed by atoms with van der Waals surface area (Å²) in [5, 5.41) is 5.41. The number of anilines is 1. The second-order valence-electron chi connectivity index (χ2n) is 8.88. The van der Waals surface area contributed by atoms with Gasteiger partial charge in [-0.2, -0.15) is 5.10 Å². The van der Waals surface area contributed by atoms with Crippen LogP contribution >= 0.6 is 11.6 Å². The van der Waals surface area contributed by atoms with E-state index < -0.39 is 0 Å². The predicted molar refractivity (Wildman–Crippen MR) is 130 cm³/mol. The fourth-order valence-corrected chi connectivity index (χ4v) is 4.06. The van der Waals surface area contributed by atoms with Gasteiger partial charge in [-0.25, -0.2) is 0 Å².